The summed E-state index contributed by atoms with van der Waals surface area (Å²) in [7, 11) is 0. The summed E-state index contributed by atoms with van der Waals surface area (Å²) in [5.41, 5.74) is 0.376. The molecule has 28 heavy (non-hydrogen) atoms. The van der Waals surface area contributed by atoms with Crippen LogP contribution in [-0.4, -0.2) is 55.4 Å². The van der Waals surface area contributed by atoms with Gasteiger partial charge in [0.15, 0.2) is 6.10 Å². The van der Waals surface area contributed by atoms with Gasteiger partial charge in [0.1, 0.15) is 13.2 Å². The molecular weight excluding hydrogens is 386 g/mol. The summed E-state index contributed by atoms with van der Waals surface area (Å²) in [5.74, 6) is -1.36. The zero-order valence-electron chi connectivity index (χ0n) is 16.5. The minimum Gasteiger partial charge on any atom is -0.458 e. The second kappa shape index (κ2) is 14.7. The van der Waals surface area contributed by atoms with E-state index in [1.165, 1.54) is 13.8 Å². The summed E-state index contributed by atoms with van der Waals surface area (Å²) in [5, 5.41) is 2.71. The first-order valence-corrected chi connectivity index (χ1v) is 9.52. The minimum atomic E-state index is -0.969. The van der Waals surface area contributed by atoms with E-state index in [9.17, 15) is 19.2 Å². The number of carbonyl (C=O) groups excluding carboxylic acids is 4. The van der Waals surface area contributed by atoms with Crippen molar-refractivity contribution in [2.75, 3.05) is 25.5 Å². The SMILES string of the molecule is C=C(C)C(=O)OCC(COC(=O)C(=C)C)OC(=O)CCCC(=O)NCCCS. The summed E-state index contributed by atoms with van der Waals surface area (Å²) < 4.78 is 15.1. The molecule has 0 aliphatic carbocycles. The van der Waals surface area contributed by atoms with Crippen LogP contribution in [0.1, 0.15) is 39.5 Å². The van der Waals surface area contributed by atoms with Crippen LogP contribution in [-0.2, 0) is 33.4 Å². The lowest BCUT2D eigenvalue weighted by Crippen LogP contribution is -2.31. The van der Waals surface area contributed by atoms with Crippen LogP contribution in [0.2, 0.25) is 0 Å². The molecule has 0 aromatic heterocycles. The maximum atomic E-state index is 12.0. The molecule has 0 radical (unpaired) electrons. The molecule has 0 aliphatic heterocycles. The van der Waals surface area contributed by atoms with Crippen LogP contribution in [0.5, 0.6) is 0 Å². The summed E-state index contributed by atoms with van der Waals surface area (Å²) >= 11 is 4.05. The van der Waals surface area contributed by atoms with E-state index >= 15 is 0 Å². The van der Waals surface area contributed by atoms with Crippen molar-refractivity contribution in [2.24, 2.45) is 0 Å². The fraction of sp³-hybridized carbons (Fsp3) is 0.579. The number of amides is 1. The van der Waals surface area contributed by atoms with Crippen LogP contribution in [0.25, 0.3) is 0 Å². The second-order valence-corrected chi connectivity index (χ2v) is 6.60. The van der Waals surface area contributed by atoms with E-state index in [4.69, 9.17) is 14.2 Å². The number of hydrogen-bond acceptors (Lipinski definition) is 8. The van der Waals surface area contributed by atoms with Gasteiger partial charge in [0, 0.05) is 30.5 Å². The number of esters is 3. The van der Waals surface area contributed by atoms with Crippen LogP contribution >= 0.6 is 12.6 Å². The molecule has 0 saturated carbocycles. The molecule has 8 nitrogen and oxygen atoms in total. The largest absolute Gasteiger partial charge is 0.458 e. The Labute approximate surface area is 171 Å². The van der Waals surface area contributed by atoms with Crippen molar-refractivity contribution >= 4 is 36.4 Å². The van der Waals surface area contributed by atoms with Gasteiger partial charge in [0.2, 0.25) is 5.91 Å². The highest BCUT2D eigenvalue weighted by Crippen LogP contribution is 2.05. The molecule has 9 heteroatoms. The van der Waals surface area contributed by atoms with E-state index in [-0.39, 0.29) is 43.1 Å². The summed E-state index contributed by atoms with van der Waals surface area (Å²) in [6.07, 6.45) is 0.282. The quantitative estimate of drug-likeness (QED) is 0.146. The first-order chi connectivity index (χ1) is 13.2. The van der Waals surface area contributed by atoms with Gasteiger partial charge in [-0.1, -0.05) is 13.2 Å². The molecule has 0 saturated heterocycles. The highest BCUT2D eigenvalue weighted by atomic mass is 32.1. The van der Waals surface area contributed by atoms with Crippen molar-refractivity contribution in [3.63, 3.8) is 0 Å². The van der Waals surface area contributed by atoms with Crippen LogP contribution < -0.4 is 5.32 Å². The normalized spacial score (nSPS) is 10.1. The number of carbonyl (C=O) groups is 4. The van der Waals surface area contributed by atoms with Crippen molar-refractivity contribution in [1.29, 1.82) is 0 Å². The van der Waals surface area contributed by atoms with Gasteiger partial charge in [0.05, 0.1) is 0 Å². The molecule has 0 fully saturated rings. The maximum Gasteiger partial charge on any atom is 0.333 e. The van der Waals surface area contributed by atoms with Crippen LogP contribution in [0, 0.1) is 0 Å². The maximum absolute atomic E-state index is 12.0. The topological polar surface area (TPSA) is 108 Å². The fourth-order valence-electron chi connectivity index (χ4n) is 1.73. The van der Waals surface area contributed by atoms with Crippen molar-refractivity contribution in [3.8, 4) is 0 Å². The Bertz CT molecular complexity index is 559. The predicted octanol–water partition coefficient (Wildman–Crippen LogP) is 1.74. The molecule has 0 unspecified atom stereocenters. The number of thiol groups is 1. The second-order valence-electron chi connectivity index (χ2n) is 6.15. The lowest BCUT2D eigenvalue weighted by Gasteiger charge is -2.18. The minimum absolute atomic E-state index is 0.000642. The first-order valence-electron chi connectivity index (χ1n) is 8.89. The summed E-state index contributed by atoms with van der Waals surface area (Å²) in [4.78, 5) is 46.6. The van der Waals surface area contributed by atoms with Crippen LogP contribution in [0.15, 0.2) is 24.3 Å². The van der Waals surface area contributed by atoms with E-state index in [0.29, 0.717) is 18.7 Å². The lowest BCUT2D eigenvalue weighted by molar-refractivity contribution is -0.164. The zero-order chi connectivity index (χ0) is 21.5. The fourth-order valence-corrected chi connectivity index (χ4v) is 1.89. The molecule has 0 aromatic carbocycles. The van der Waals surface area contributed by atoms with Gasteiger partial charge in [-0.25, -0.2) is 9.59 Å². The number of rotatable bonds is 14. The number of hydrogen-bond donors (Lipinski definition) is 2. The van der Waals surface area contributed by atoms with Gasteiger partial charge in [-0.15, -0.1) is 0 Å². The Kier molecular flexibility index (Phi) is 13.5. The lowest BCUT2D eigenvalue weighted by atomic mass is 10.2. The van der Waals surface area contributed by atoms with Crippen molar-refractivity contribution < 1.29 is 33.4 Å². The third-order valence-electron chi connectivity index (χ3n) is 3.24. The van der Waals surface area contributed by atoms with Crippen molar-refractivity contribution in [1.82, 2.24) is 5.32 Å². The Hall–Kier alpha value is -2.29. The molecule has 0 aromatic rings. The van der Waals surface area contributed by atoms with Gasteiger partial charge in [0.25, 0.3) is 0 Å². The third-order valence-corrected chi connectivity index (χ3v) is 3.55. The monoisotopic (exact) mass is 415 g/mol. The summed E-state index contributed by atoms with van der Waals surface area (Å²) in [6, 6.07) is 0. The van der Waals surface area contributed by atoms with E-state index in [0.717, 1.165) is 6.42 Å². The molecule has 1 amide bonds. The van der Waals surface area contributed by atoms with E-state index in [1.807, 2.05) is 0 Å². The smallest absolute Gasteiger partial charge is 0.333 e. The molecule has 0 rings (SSSR count). The Morgan fingerprint density at radius 3 is 1.93 bits per heavy atom. The molecular formula is C19H29NO7S. The molecule has 1 N–H and O–H groups in total. The van der Waals surface area contributed by atoms with Gasteiger partial charge in [-0.3, -0.25) is 9.59 Å². The highest BCUT2D eigenvalue weighted by Gasteiger charge is 2.20. The average molecular weight is 416 g/mol. The van der Waals surface area contributed by atoms with Gasteiger partial charge in [-0.05, 0) is 32.4 Å². The molecule has 158 valence electrons. The third kappa shape index (κ3) is 13.0. The van der Waals surface area contributed by atoms with Crippen LogP contribution in [0.3, 0.4) is 0 Å². The first kappa shape index (κ1) is 25.7. The van der Waals surface area contributed by atoms with Crippen molar-refractivity contribution in [3.05, 3.63) is 24.3 Å². The van der Waals surface area contributed by atoms with Gasteiger partial charge < -0.3 is 19.5 Å². The Morgan fingerprint density at radius 1 is 0.929 bits per heavy atom. The van der Waals surface area contributed by atoms with E-state index in [1.54, 1.807) is 0 Å². The Balaban J connectivity index is 4.44. The summed E-state index contributed by atoms with van der Waals surface area (Å²) in [6.45, 7) is 9.83. The number of nitrogens with one attached hydrogen (secondary N) is 1. The van der Waals surface area contributed by atoms with E-state index in [2.05, 4.69) is 31.1 Å². The Morgan fingerprint density at radius 2 is 1.46 bits per heavy atom. The van der Waals surface area contributed by atoms with E-state index < -0.39 is 24.0 Å². The molecule has 0 atom stereocenters. The predicted molar refractivity (Wildman–Crippen MR) is 107 cm³/mol. The zero-order valence-corrected chi connectivity index (χ0v) is 17.3. The average Bonchev–Trinajstić information content (AvgIpc) is 2.63. The molecule has 0 aliphatic rings. The van der Waals surface area contributed by atoms with Gasteiger partial charge >= 0.3 is 17.9 Å². The number of ether oxygens (including phenoxy) is 3. The molecule has 0 bridgehead atoms. The van der Waals surface area contributed by atoms with Crippen LogP contribution in [0.4, 0.5) is 0 Å². The van der Waals surface area contributed by atoms with Gasteiger partial charge in [-0.2, -0.15) is 12.6 Å². The molecule has 0 heterocycles. The van der Waals surface area contributed by atoms with Crippen molar-refractivity contribution in [2.45, 2.75) is 45.6 Å². The molecule has 0 spiro atoms. The standard InChI is InChI=1S/C19H29NO7S/c1-13(2)18(23)25-11-15(12-26-19(24)14(3)4)27-17(22)8-5-7-16(21)20-9-6-10-28/h15,28H,1,3,5-12H2,2,4H3,(H,20,21). The highest BCUT2D eigenvalue weighted by molar-refractivity contribution is 7.80.